The standard InChI is InChI=1S/C35H48OPSi/c1-35(2,3)38(4,5)36-30-22-11-9-7-6-8-10-12-23-31-37(32-24-16-13-17-25-32,33-26-18-14-19-27-33)34-28-20-15-21-29-34/h13-21,24-29H,6-11,22,30-31H2,1-5H3/q+1. The second kappa shape index (κ2) is 14.8. The van der Waals surface area contributed by atoms with Gasteiger partial charge in [-0.1, -0.05) is 113 Å². The molecule has 0 fully saturated rings. The average molecular weight is 544 g/mol. The topological polar surface area (TPSA) is 9.23 Å². The van der Waals surface area contributed by atoms with Gasteiger partial charge in [-0.3, -0.25) is 0 Å². The molecule has 0 radical (unpaired) electrons. The molecule has 0 saturated heterocycles. The second-order valence-electron chi connectivity index (χ2n) is 11.8. The summed E-state index contributed by atoms with van der Waals surface area (Å²) in [6.07, 6.45) is 9.42. The van der Waals surface area contributed by atoms with E-state index >= 15 is 0 Å². The van der Waals surface area contributed by atoms with Crippen molar-refractivity contribution >= 4 is 31.5 Å². The lowest BCUT2D eigenvalue weighted by Gasteiger charge is -2.36. The van der Waals surface area contributed by atoms with Gasteiger partial charge in [-0.2, -0.15) is 0 Å². The van der Waals surface area contributed by atoms with E-state index in [0.717, 1.165) is 19.2 Å². The molecule has 0 atom stereocenters. The fraction of sp³-hybridized carbons (Fsp3) is 0.429. The number of rotatable bonds is 13. The monoisotopic (exact) mass is 543 g/mol. The van der Waals surface area contributed by atoms with Crippen LogP contribution in [0.25, 0.3) is 0 Å². The zero-order valence-electron chi connectivity index (χ0n) is 24.4. The first kappa shape index (κ1) is 30.4. The minimum absolute atomic E-state index is 0.305. The van der Waals surface area contributed by atoms with Crippen LogP contribution in [0.4, 0.5) is 0 Å². The number of hydrogen-bond donors (Lipinski definition) is 0. The molecule has 0 aromatic heterocycles. The molecule has 0 saturated carbocycles. The van der Waals surface area contributed by atoms with Gasteiger partial charge in [0, 0.05) is 13.0 Å². The largest absolute Gasteiger partial charge is 0.417 e. The summed E-state index contributed by atoms with van der Waals surface area (Å²) >= 11 is 0. The van der Waals surface area contributed by atoms with E-state index in [9.17, 15) is 0 Å². The van der Waals surface area contributed by atoms with Crippen LogP contribution >= 0.6 is 7.26 Å². The van der Waals surface area contributed by atoms with E-state index in [1.165, 1.54) is 54.4 Å². The third kappa shape index (κ3) is 8.41. The first-order valence-corrected chi connectivity index (χ1v) is 19.3. The minimum Gasteiger partial charge on any atom is -0.417 e. The second-order valence-corrected chi connectivity index (χ2v) is 20.1. The molecule has 202 valence electrons. The maximum atomic E-state index is 6.31. The maximum Gasteiger partial charge on any atom is 0.191 e. The van der Waals surface area contributed by atoms with Crippen molar-refractivity contribution in [2.24, 2.45) is 0 Å². The van der Waals surface area contributed by atoms with E-state index in [0.29, 0.717) is 5.04 Å². The molecular weight excluding hydrogens is 495 g/mol. The van der Waals surface area contributed by atoms with E-state index in [1.807, 2.05) is 0 Å². The summed E-state index contributed by atoms with van der Waals surface area (Å²) in [7, 11) is -3.43. The normalized spacial score (nSPS) is 12.1. The van der Waals surface area contributed by atoms with E-state index in [4.69, 9.17) is 4.43 Å². The van der Waals surface area contributed by atoms with E-state index in [2.05, 4.69) is 137 Å². The first-order chi connectivity index (χ1) is 18.3. The Labute approximate surface area is 234 Å². The lowest BCUT2D eigenvalue weighted by atomic mass is 10.1. The molecular formula is C35H48OPSi+. The Morgan fingerprint density at radius 1 is 0.605 bits per heavy atom. The molecule has 0 aliphatic heterocycles. The van der Waals surface area contributed by atoms with Crippen LogP contribution in [0.1, 0.15) is 65.7 Å². The van der Waals surface area contributed by atoms with Crippen molar-refractivity contribution in [3.8, 4) is 11.8 Å². The summed E-state index contributed by atoms with van der Waals surface area (Å²) in [5, 5.41) is 4.52. The van der Waals surface area contributed by atoms with Gasteiger partial charge in [-0.25, -0.2) is 0 Å². The van der Waals surface area contributed by atoms with Crippen molar-refractivity contribution in [1.82, 2.24) is 0 Å². The van der Waals surface area contributed by atoms with Gasteiger partial charge in [0.25, 0.3) is 0 Å². The van der Waals surface area contributed by atoms with Crippen molar-refractivity contribution in [2.45, 2.75) is 83.8 Å². The van der Waals surface area contributed by atoms with Gasteiger partial charge in [0.2, 0.25) is 0 Å². The molecule has 0 aliphatic carbocycles. The zero-order chi connectivity index (χ0) is 27.3. The van der Waals surface area contributed by atoms with Crippen molar-refractivity contribution in [3.63, 3.8) is 0 Å². The Morgan fingerprint density at radius 2 is 1.03 bits per heavy atom. The van der Waals surface area contributed by atoms with Crippen molar-refractivity contribution in [2.75, 3.05) is 12.8 Å². The van der Waals surface area contributed by atoms with Gasteiger partial charge in [-0.15, -0.1) is 0 Å². The van der Waals surface area contributed by atoms with Crippen LogP contribution in [-0.2, 0) is 4.43 Å². The molecule has 3 aromatic carbocycles. The maximum absolute atomic E-state index is 6.31. The van der Waals surface area contributed by atoms with Crippen molar-refractivity contribution in [1.29, 1.82) is 0 Å². The summed E-state index contributed by atoms with van der Waals surface area (Å²) in [6.45, 7) is 12.6. The summed E-state index contributed by atoms with van der Waals surface area (Å²) in [6, 6.07) is 33.1. The van der Waals surface area contributed by atoms with Crippen LogP contribution < -0.4 is 15.9 Å². The van der Waals surface area contributed by atoms with E-state index < -0.39 is 15.6 Å². The fourth-order valence-corrected chi connectivity index (χ4v) is 9.52. The Bertz CT molecular complexity index is 1030. The Kier molecular flexibility index (Phi) is 11.9. The van der Waals surface area contributed by atoms with Gasteiger partial charge in [-0.05, 0) is 67.4 Å². The van der Waals surface area contributed by atoms with Crippen LogP contribution in [0.2, 0.25) is 18.1 Å². The molecule has 3 rings (SSSR count). The predicted molar refractivity (Wildman–Crippen MR) is 173 cm³/mol. The molecule has 0 aliphatic rings. The Hall–Kier alpha value is -2.17. The molecule has 3 aromatic rings. The van der Waals surface area contributed by atoms with Crippen LogP contribution in [0, 0.1) is 11.8 Å². The lowest BCUT2D eigenvalue weighted by Crippen LogP contribution is -2.40. The lowest BCUT2D eigenvalue weighted by molar-refractivity contribution is 0.277. The number of unbranched alkanes of at least 4 members (excludes halogenated alkanes) is 6. The highest BCUT2D eigenvalue weighted by Gasteiger charge is 2.44. The summed E-state index contributed by atoms with van der Waals surface area (Å²) in [5.41, 5.74) is 0. The molecule has 0 heterocycles. The average Bonchev–Trinajstić information content (AvgIpc) is 2.92. The highest BCUT2D eigenvalue weighted by Crippen LogP contribution is 2.54. The quantitative estimate of drug-likeness (QED) is 0.0906. The van der Waals surface area contributed by atoms with Gasteiger partial charge >= 0.3 is 0 Å². The molecule has 3 heteroatoms. The summed E-state index contributed by atoms with van der Waals surface area (Å²) in [4.78, 5) is 0. The van der Waals surface area contributed by atoms with Crippen LogP contribution in [0.15, 0.2) is 91.0 Å². The SMILES string of the molecule is CC(C)(C)[Si](C)(C)OCCCCCCCCC#CC[P+](c1ccccc1)(c1ccccc1)c1ccccc1. The molecule has 0 N–H and O–H groups in total. The number of benzene rings is 3. The third-order valence-corrected chi connectivity index (χ3v) is 16.7. The molecule has 0 bridgehead atoms. The molecule has 1 nitrogen and oxygen atoms in total. The summed E-state index contributed by atoms with van der Waals surface area (Å²) < 4.78 is 6.31. The molecule has 38 heavy (non-hydrogen) atoms. The van der Waals surface area contributed by atoms with Gasteiger partial charge in [0.15, 0.2) is 8.32 Å². The number of hydrogen-bond acceptors (Lipinski definition) is 1. The minimum atomic E-state index is -1.84. The molecule has 0 amide bonds. The van der Waals surface area contributed by atoms with E-state index in [-0.39, 0.29) is 0 Å². The van der Waals surface area contributed by atoms with Crippen LogP contribution in [-0.4, -0.2) is 21.1 Å². The van der Waals surface area contributed by atoms with Crippen molar-refractivity contribution < 1.29 is 4.43 Å². The molecule has 0 spiro atoms. The first-order valence-electron chi connectivity index (χ1n) is 14.4. The van der Waals surface area contributed by atoms with Gasteiger partial charge in [0.05, 0.1) is 0 Å². The van der Waals surface area contributed by atoms with Crippen molar-refractivity contribution in [3.05, 3.63) is 91.0 Å². The van der Waals surface area contributed by atoms with Crippen LogP contribution in [0.5, 0.6) is 0 Å². The zero-order valence-corrected chi connectivity index (χ0v) is 26.3. The van der Waals surface area contributed by atoms with E-state index in [1.54, 1.807) is 0 Å². The Balaban J connectivity index is 1.52. The molecule has 0 unspecified atom stereocenters. The highest BCUT2D eigenvalue weighted by molar-refractivity contribution is 7.95. The predicted octanol–water partition coefficient (Wildman–Crippen LogP) is 8.74. The smallest absolute Gasteiger partial charge is 0.191 e. The van der Waals surface area contributed by atoms with Gasteiger partial charge in [0.1, 0.15) is 29.3 Å². The highest BCUT2D eigenvalue weighted by atomic mass is 31.2. The van der Waals surface area contributed by atoms with Gasteiger partial charge < -0.3 is 4.43 Å². The summed E-state index contributed by atoms with van der Waals surface area (Å²) in [5.74, 6) is 7.21. The fourth-order valence-electron chi connectivity index (χ4n) is 4.60. The third-order valence-electron chi connectivity index (χ3n) is 8.00. The van der Waals surface area contributed by atoms with Crippen LogP contribution in [0.3, 0.4) is 0 Å². The Morgan fingerprint density at radius 3 is 1.47 bits per heavy atom.